The summed E-state index contributed by atoms with van der Waals surface area (Å²) in [6.07, 6.45) is 2.42. The Morgan fingerprint density at radius 2 is 1.55 bits per heavy atom. The molecule has 0 N–H and O–H groups in total. The number of ether oxygens (including phenoxy) is 1. The minimum absolute atomic E-state index is 0.0443. The van der Waals surface area contributed by atoms with Gasteiger partial charge in [-0.2, -0.15) is 0 Å². The molecule has 5 nitrogen and oxygen atoms in total. The first-order valence-corrected chi connectivity index (χ1v) is 10.3. The van der Waals surface area contributed by atoms with Crippen LogP contribution in [0.4, 0.5) is 15.8 Å². The lowest BCUT2D eigenvalue weighted by Gasteiger charge is -2.36. The molecular formula is C23H28FN3O2. The molecule has 2 aliphatic heterocycles. The second kappa shape index (κ2) is 8.82. The summed E-state index contributed by atoms with van der Waals surface area (Å²) in [5.74, 6) is -0.166. The van der Waals surface area contributed by atoms with Gasteiger partial charge >= 0.3 is 0 Å². The normalized spacial score (nSPS) is 18.2. The van der Waals surface area contributed by atoms with Crippen LogP contribution >= 0.6 is 0 Å². The van der Waals surface area contributed by atoms with E-state index in [0.29, 0.717) is 43.5 Å². The van der Waals surface area contributed by atoms with E-state index in [1.807, 2.05) is 40.1 Å². The van der Waals surface area contributed by atoms with Crippen LogP contribution in [0.25, 0.3) is 0 Å². The van der Waals surface area contributed by atoms with Crippen molar-refractivity contribution in [2.75, 3.05) is 56.2 Å². The van der Waals surface area contributed by atoms with E-state index in [-0.39, 0.29) is 11.7 Å². The first kappa shape index (κ1) is 19.7. The lowest BCUT2D eigenvalue weighted by Crippen LogP contribution is -2.49. The summed E-state index contributed by atoms with van der Waals surface area (Å²) in [4.78, 5) is 19.1. The van der Waals surface area contributed by atoms with Crippen LogP contribution in [-0.2, 0) is 4.74 Å². The largest absolute Gasteiger partial charge is 0.381 e. The standard InChI is InChI=1S/C23H28FN3O2/c1-29-20-10-12-25(13-11-20)19-8-6-18(7-9-19)23(28)27-16-14-26(15-17-27)22-5-3-2-4-21(22)24/h2-9,20H,10-17H2,1H3. The smallest absolute Gasteiger partial charge is 0.253 e. The zero-order valence-corrected chi connectivity index (χ0v) is 16.9. The Kier molecular flexibility index (Phi) is 6.00. The van der Waals surface area contributed by atoms with Crippen LogP contribution in [0.5, 0.6) is 0 Å². The third-order valence-corrected chi connectivity index (χ3v) is 6.01. The van der Waals surface area contributed by atoms with E-state index in [9.17, 15) is 9.18 Å². The van der Waals surface area contributed by atoms with Crippen molar-refractivity contribution in [1.29, 1.82) is 0 Å². The monoisotopic (exact) mass is 397 g/mol. The average Bonchev–Trinajstić information content (AvgIpc) is 2.79. The highest BCUT2D eigenvalue weighted by atomic mass is 19.1. The highest BCUT2D eigenvalue weighted by Gasteiger charge is 2.24. The fraction of sp³-hybridized carbons (Fsp3) is 0.435. The van der Waals surface area contributed by atoms with Crippen molar-refractivity contribution in [2.24, 2.45) is 0 Å². The number of anilines is 2. The SMILES string of the molecule is COC1CCN(c2ccc(C(=O)N3CCN(c4ccccc4F)CC3)cc2)CC1. The van der Waals surface area contributed by atoms with Crippen LogP contribution in [0, 0.1) is 5.82 Å². The van der Waals surface area contributed by atoms with Gasteiger partial charge in [-0.3, -0.25) is 4.79 Å². The van der Waals surface area contributed by atoms with Crippen molar-refractivity contribution in [3.05, 3.63) is 59.9 Å². The van der Waals surface area contributed by atoms with Crippen molar-refractivity contribution in [2.45, 2.75) is 18.9 Å². The first-order valence-electron chi connectivity index (χ1n) is 10.3. The maximum absolute atomic E-state index is 14.0. The highest BCUT2D eigenvalue weighted by Crippen LogP contribution is 2.23. The van der Waals surface area contributed by atoms with Crippen LogP contribution in [-0.4, -0.2) is 63.3 Å². The molecule has 0 aliphatic carbocycles. The minimum Gasteiger partial charge on any atom is -0.381 e. The Bertz CT molecular complexity index is 826. The van der Waals surface area contributed by atoms with Gasteiger partial charge in [0.15, 0.2) is 0 Å². The van der Waals surface area contributed by atoms with Crippen molar-refractivity contribution < 1.29 is 13.9 Å². The van der Waals surface area contributed by atoms with Crippen LogP contribution in [0.2, 0.25) is 0 Å². The molecule has 2 aromatic carbocycles. The Labute approximate surface area is 171 Å². The second-order valence-electron chi connectivity index (χ2n) is 7.70. The van der Waals surface area contributed by atoms with Gasteiger partial charge in [-0.05, 0) is 49.2 Å². The number of halogens is 1. The molecule has 2 saturated heterocycles. The Morgan fingerprint density at radius 1 is 0.897 bits per heavy atom. The maximum Gasteiger partial charge on any atom is 0.253 e. The summed E-state index contributed by atoms with van der Waals surface area (Å²) in [6, 6.07) is 14.7. The Hall–Kier alpha value is -2.60. The number of methoxy groups -OCH3 is 1. The number of hydrogen-bond acceptors (Lipinski definition) is 4. The summed E-state index contributed by atoms with van der Waals surface area (Å²) in [5, 5.41) is 0. The number of rotatable bonds is 4. The summed E-state index contributed by atoms with van der Waals surface area (Å²) >= 11 is 0. The first-order chi connectivity index (χ1) is 14.2. The highest BCUT2D eigenvalue weighted by molar-refractivity contribution is 5.94. The summed E-state index contributed by atoms with van der Waals surface area (Å²) in [5.41, 5.74) is 2.47. The van der Waals surface area contributed by atoms with Crippen molar-refractivity contribution in [3.63, 3.8) is 0 Å². The van der Waals surface area contributed by atoms with Crippen molar-refractivity contribution in [3.8, 4) is 0 Å². The van der Waals surface area contributed by atoms with E-state index in [1.165, 1.54) is 6.07 Å². The Balaban J connectivity index is 1.34. The third-order valence-electron chi connectivity index (χ3n) is 6.01. The number of benzene rings is 2. The number of para-hydroxylation sites is 1. The zero-order chi connectivity index (χ0) is 20.2. The molecular weight excluding hydrogens is 369 g/mol. The predicted octanol–water partition coefficient (Wildman–Crippen LogP) is 3.40. The lowest BCUT2D eigenvalue weighted by molar-refractivity contribution is 0.0746. The van der Waals surface area contributed by atoms with Gasteiger partial charge in [-0.25, -0.2) is 4.39 Å². The van der Waals surface area contributed by atoms with Crippen LogP contribution in [0.1, 0.15) is 23.2 Å². The molecule has 2 aromatic rings. The number of hydrogen-bond donors (Lipinski definition) is 0. The maximum atomic E-state index is 14.0. The predicted molar refractivity (Wildman–Crippen MR) is 113 cm³/mol. The van der Waals surface area contributed by atoms with Gasteiger partial charge < -0.3 is 19.4 Å². The molecule has 154 valence electrons. The van der Waals surface area contributed by atoms with Gasteiger partial charge in [0.05, 0.1) is 11.8 Å². The number of piperidine rings is 1. The van der Waals surface area contributed by atoms with Gasteiger partial charge in [0.2, 0.25) is 0 Å². The molecule has 2 heterocycles. The van der Waals surface area contributed by atoms with Gasteiger partial charge in [0.1, 0.15) is 5.82 Å². The van der Waals surface area contributed by atoms with Crippen molar-refractivity contribution >= 4 is 17.3 Å². The quantitative estimate of drug-likeness (QED) is 0.792. The molecule has 0 bridgehead atoms. The molecule has 1 amide bonds. The van der Waals surface area contributed by atoms with Gasteiger partial charge in [0, 0.05) is 57.6 Å². The molecule has 29 heavy (non-hydrogen) atoms. The molecule has 0 aromatic heterocycles. The number of piperazine rings is 1. The third kappa shape index (κ3) is 4.37. The summed E-state index contributed by atoms with van der Waals surface area (Å²) in [6.45, 7) is 4.42. The van der Waals surface area contributed by atoms with Crippen molar-refractivity contribution in [1.82, 2.24) is 4.90 Å². The molecule has 4 rings (SSSR count). The number of nitrogens with zero attached hydrogens (tertiary/aromatic N) is 3. The van der Waals surface area contributed by atoms with E-state index >= 15 is 0 Å². The number of amides is 1. The van der Waals surface area contributed by atoms with Crippen LogP contribution in [0.3, 0.4) is 0 Å². The molecule has 0 saturated carbocycles. The molecule has 2 fully saturated rings. The second-order valence-corrected chi connectivity index (χ2v) is 7.70. The van der Waals surface area contributed by atoms with E-state index in [4.69, 9.17) is 4.74 Å². The van der Waals surface area contributed by atoms with Gasteiger partial charge in [0.25, 0.3) is 5.91 Å². The summed E-state index contributed by atoms with van der Waals surface area (Å²) < 4.78 is 19.4. The minimum atomic E-state index is -0.211. The van der Waals surface area contributed by atoms with Gasteiger partial charge in [-0.1, -0.05) is 12.1 Å². The number of carbonyl (C=O) groups excluding carboxylic acids is 1. The molecule has 2 aliphatic rings. The van der Waals surface area contributed by atoms with Crippen LogP contribution < -0.4 is 9.80 Å². The fourth-order valence-electron chi connectivity index (χ4n) is 4.21. The van der Waals surface area contributed by atoms with Crippen LogP contribution in [0.15, 0.2) is 48.5 Å². The van der Waals surface area contributed by atoms with E-state index in [2.05, 4.69) is 4.90 Å². The Morgan fingerprint density at radius 3 is 2.17 bits per heavy atom. The zero-order valence-electron chi connectivity index (χ0n) is 16.9. The lowest BCUT2D eigenvalue weighted by atomic mass is 10.1. The molecule has 0 spiro atoms. The molecule has 0 unspecified atom stereocenters. The van der Waals surface area contributed by atoms with E-state index < -0.39 is 0 Å². The fourth-order valence-corrected chi connectivity index (χ4v) is 4.21. The van der Waals surface area contributed by atoms with E-state index in [1.54, 1.807) is 19.2 Å². The summed E-state index contributed by atoms with van der Waals surface area (Å²) in [7, 11) is 1.77. The number of carbonyl (C=O) groups is 1. The molecule has 6 heteroatoms. The van der Waals surface area contributed by atoms with Gasteiger partial charge in [-0.15, -0.1) is 0 Å². The van der Waals surface area contributed by atoms with E-state index in [0.717, 1.165) is 31.6 Å². The average molecular weight is 397 g/mol. The molecule has 0 radical (unpaired) electrons. The molecule has 0 atom stereocenters. The topological polar surface area (TPSA) is 36.0 Å².